The van der Waals surface area contributed by atoms with Crippen LogP contribution in [0, 0.1) is 5.82 Å². The van der Waals surface area contributed by atoms with Crippen LogP contribution in [0.3, 0.4) is 0 Å². The molecule has 1 saturated heterocycles. The lowest BCUT2D eigenvalue weighted by Gasteiger charge is -2.29. The third-order valence-electron chi connectivity index (χ3n) is 4.42. The molecule has 1 aliphatic rings. The molecule has 5 nitrogen and oxygen atoms in total. The Hall–Kier alpha value is -2.76. The Balaban J connectivity index is 2.45. The van der Waals surface area contributed by atoms with Crippen molar-refractivity contribution in [3.8, 4) is 0 Å². The first-order valence-corrected chi connectivity index (χ1v) is 7.92. The smallest absolute Gasteiger partial charge is 0.240 e. The van der Waals surface area contributed by atoms with E-state index in [0.29, 0.717) is 18.7 Å². The summed E-state index contributed by atoms with van der Waals surface area (Å²) in [5, 5.41) is 0. The van der Waals surface area contributed by atoms with Gasteiger partial charge in [-0.15, -0.1) is 13.2 Å². The van der Waals surface area contributed by atoms with E-state index in [1.54, 1.807) is 18.2 Å². The molecule has 132 valence electrons. The van der Waals surface area contributed by atoms with Gasteiger partial charge in [0.2, 0.25) is 17.7 Å². The van der Waals surface area contributed by atoms with Crippen LogP contribution in [0.25, 0.3) is 0 Å². The fourth-order valence-corrected chi connectivity index (χ4v) is 3.10. The van der Waals surface area contributed by atoms with Crippen molar-refractivity contribution in [3.05, 3.63) is 61.0 Å². The maximum absolute atomic E-state index is 13.7. The second-order valence-corrected chi connectivity index (χ2v) is 6.08. The van der Waals surface area contributed by atoms with Crippen molar-refractivity contribution in [1.82, 2.24) is 9.80 Å². The molecule has 0 N–H and O–H groups in total. The predicted molar refractivity (Wildman–Crippen MR) is 92.1 cm³/mol. The standard InChI is InChI=1S/C19H21FN2O3/c1-4-9-22(10-5-2)17(24)13-19(12-16(23)21(3)18(19)25)14-7-6-8-15(20)11-14/h4-8,11H,1-2,9-10,12-13H2,3H3. The molecule has 25 heavy (non-hydrogen) atoms. The molecule has 0 spiro atoms. The number of nitrogens with zero attached hydrogens (tertiary/aromatic N) is 2. The summed E-state index contributed by atoms with van der Waals surface area (Å²) in [7, 11) is 1.38. The summed E-state index contributed by atoms with van der Waals surface area (Å²) < 4.78 is 13.7. The van der Waals surface area contributed by atoms with E-state index in [0.717, 1.165) is 4.90 Å². The fourth-order valence-electron chi connectivity index (χ4n) is 3.10. The van der Waals surface area contributed by atoms with Crippen LogP contribution in [0.5, 0.6) is 0 Å². The van der Waals surface area contributed by atoms with E-state index >= 15 is 0 Å². The SMILES string of the molecule is C=CCN(CC=C)C(=O)CC1(c2cccc(F)c2)CC(=O)N(C)C1=O. The largest absolute Gasteiger partial charge is 0.335 e. The summed E-state index contributed by atoms with van der Waals surface area (Å²) in [5.41, 5.74) is -1.05. The maximum Gasteiger partial charge on any atom is 0.240 e. The summed E-state index contributed by atoms with van der Waals surface area (Å²) in [4.78, 5) is 40.2. The van der Waals surface area contributed by atoms with E-state index in [-0.39, 0.29) is 24.7 Å². The number of halogens is 1. The second-order valence-electron chi connectivity index (χ2n) is 6.08. The predicted octanol–water partition coefficient (Wildman–Crippen LogP) is 2.04. The number of hydrogen-bond donors (Lipinski definition) is 0. The van der Waals surface area contributed by atoms with Gasteiger partial charge in [-0.1, -0.05) is 24.3 Å². The minimum atomic E-state index is -1.38. The molecule has 3 amide bonds. The lowest BCUT2D eigenvalue weighted by atomic mass is 9.75. The van der Waals surface area contributed by atoms with Gasteiger partial charge in [0, 0.05) is 33.0 Å². The Morgan fingerprint density at radius 1 is 1.32 bits per heavy atom. The molecule has 0 radical (unpaired) electrons. The van der Waals surface area contributed by atoms with E-state index in [1.807, 2.05) is 0 Å². The molecular weight excluding hydrogens is 323 g/mol. The molecule has 1 aromatic carbocycles. The van der Waals surface area contributed by atoms with Crippen LogP contribution in [0.2, 0.25) is 0 Å². The Labute approximate surface area is 146 Å². The van der Waals surface area contributed by atoms with Crippen molar-refractivity contribution in [1.29, 1.82) is 0 Å². The van der Waals surface area contributed by atoms with Crippen molar-refractivity contribution in [2.24, 2.45) is 0 Å². The van der Waals surface area contributed by atoms with Crippen LogP contribution in [0.15, 0.2) is 49.6 Å². The van der Waals surface area contributed by atoms with Gasteiger partial charge in [-0.2, -0.15) is 0 Å². The number of likely N-dealkylation sites (tertiary alicyclic amines) is 1. The zero-order valence-electron chi connectivity index (χ0n) is 14.2. The number of carbonyl (C=O) groups is 3. The zero-order valence-corrected chi connectivity index (χ0v) is 14.2. The normalized spacial score (nSPS) is 19.8. The van der Waals surface area contributed by atoms with Crippen molar-refractivity contribution < 1.29 is 18.8 Å². The van der Waals surface area contributed by atoms with Crippen LogP contribution in [0.1, 0.15) is 18.4 Å². The highest BCUT2D eigenvalue weighted by atomic mass is 19.1. The van der Waals surface area contributed by atoms with Crippen LogP contribution in [-0.4, -0.2) is 47.7 Å². The molecule has 1 aromatic rings. The molecular formula is C19H21FN2O3. The monoisotopic (exact) mass is 344 g/mol. The van der Waals surface area contributed by atoms with Gasteiger partial charge in [0.05, 0.1) is 5.41 Å². The van der Waals surface area contributed by atoms with E-state index in [9.17, 15) is 18.8 Å². The average Bonchev–Trinajstić information content (AvgIpc) is 2.79. The molecule has 1 fully saturated rings. The van der Waals surface area contributed by atoms with E-state index in [4.69, 9.17) is 0 Å². The number of amides is 3. The third kappa shape index (κ3) is 3.52. The van der Waals surface area contributed by atoms with Crippen LogP contribution < -0.4 is 0 Å². The number of carbonyl (C=O) groups excluding carboxylic acids is 3. The minimum Gasteiger partial charge on any atom is -0.335 e. The number of rotatable bonds is 7. The van der Waals surface area contributed by atoms with Crippen LogP contribution in [0.4, 0.5) is 4.39 Å². The number of imide groups is 1. The lowest BCUT2D eigenvalue weighted by Crippen LogP contribution is -2.43. The first-order chi connectivity index (χ1) is 11.9. The molecule has 2 rings (SSSR count). The summed E-state index contributed by atoms with van der Waals surface area (Å²) in [6.45, 7) is 7.82. The lowest BCUT2D eigenvalue weighted by molar-refractivity contribution is -0.141. The van der Waals surface area contributed by atoms with Gasteiger partial charge in [0.25, 0.3) is 0 Å². The van der Waals surface area contributed by atoms with Crippen LogP contribution >= 0.6 is 0 Å². The Bertz CT molecular complexity index is 721. The van der Waals surface area contributed by atoms with E-state index in [1.165, 1.54) is 30.1 Å². The molecule has 0 aromatic heterocycles. The molecule has 1 heterocycles. The van der Waals surface area contributed by atoms with Crippen molar-refractivity contribution in [3.63, 3.8) is 0 Å². The summed E-state index contributed by atoms with van der Waals surface area (Å²) in [6.07, 6.45) is 2.77. The highest BCUT2D eigenvalue weighted by molar-refractivity contribution is 6.10. The maximum atomic E-state index is 13.7. The fraction of sp³-hybridized carbons (Fsp3) is 0.316. The third-order valence-corrected chi connectivity index (χ3v) is 4.42. The van der Waals surface area contributed by atoms with Gasteiger partial charge < -0.3 is 4.90 Å². The van der Waals surface area contributed by atoms with Crippen LogP contribution in [-0.2, 0) is 19.8 Å². The molecule has 0 bridgehead atoms. The Morgan fingerprint density at radius 2 is 1.96 bits per heavy atom. The van der Waals surface area contributed by atoms with E-state index in [2.05, 4.69) is 13.2 Å². The highest BCUT2D eigenvalue weighted by Crippen LogP contribution is 2.40. The summed E-state index contributed by atoms with van der Waals surface area (Å²) in [5.74, 6) is -1.72. The molecule has 1 unspecified atom stereocenters. The Morgan fingerprint density at radius 3 is 2.44 bits per heavy atom. The van der Waals surface area contributed by atoms with Crippen molar-refractivity contribution in [2.75, 3.05) is 20.1 Å². The van der Waals surface area contributed by atoms with Gasteiger partial charge >= 0.3 is 0 Å². The van der Waals surface area contributed by atoms with Gasteiger partial charge in [-0.05, 0) is 17.7 Å². The quantitative estimate of drug-likeness (QED) is 0.562. The number of likely N-dealkylation sites (N-methyl/N-ethyl adjacent to an activating group) is 1. The molecule has 0 saturated carbocycles. The van der Waals surface area contributed by atoms with Crippen molar-refractivity contribution >= 4 is 17.7 Å². The second kappa shape index (κ2) is 7.42. The first kappa shape index (κ1) is 18.6. The molecule has 1 atom stereocenters. The Kier molecular flexibility index (Phi) is 5.51. The van der Waals surface area contributed by atoms with Crippen molar-refractivity contribution in [2.45, 2.75) is 18.3 Å². The van der Waals surface area contributed by atoms with Gasteiger partial charge in [-0.3, -0.25) is 19.3 Å². The highest BCUT2D eigenvalue weighted by Gasteiger charge is 2.52. The number of hydrogen-bond acceptors (Lipinski definition) is 3. The summed E-state index contributed by atoms with van der Waals surface area (Å²) in [6, 6.07) is 5.51. The minimum absolute atomic E-state index is 0.159. The van der Waals surface area contributed by atoms with Gasteiger partial charge in [0.1, 0.15) is 5.82 Å². The number of benzene rings is 1. The zero-order chi connectivity index (χ0) is 18.6. The summed E-state index contributed by atoms with van der Waals surface area (Å²) >= 11 is 0. The van der Waals surface area contributed by atoms with Gasteiger partial charge in [0.15, 0.2) is 0 Å². The van der Waals surface area contributed by atoms with E-state index < -0.39 is 17.1 Å². The molecule has 0 aliphatic carbocycles. The molecule has 1 aliphatic heterocycles. The average molecular weight is 344 g/mol. The van der Waals surface area contributed by atoms with Gasteiger partial charge in [-0.25, -0.2) is 4.39 Å². The first-order valence-electron chi connectivity index (χ1n) is 7.92. The topological polar surface area (TPSA) is 57.7 Å². The molecule has 6 heteroatoms.